The fourth-order valence-electron chi connectivity index (χ4n) is 17.6. The van der Waals surface area contributed by atoms with Gasteiger partial charge in [-0.2, -0.15) is 8.42 Å². The molecule has 6 saturated heterocycles. The maximum Gasteiger partial charge on any atom is 0.397 e. The Balaban J connectivity index is 0.914. The summed E-state index contributed by atoms with van der Waals surface area (Å²) in [6, 6.07) is 0. The van der Waals surface area contributed by atoms with Crippen molar-refractivity contribution >= 4 is 22.2 Å². The third kappa shape index (κ3) is 12.4. The molecule has 0 aromatic rings. The fraction of sp³-hybridized carbons (Fsp3) is 0.932. The number of hydrogen-bond donors (Lipinski definition) is 12. The molecule has 10 aliphatic rings. The number of allylic oxidation sites excluding steroid dienone is 2. The van der Waals surface area contributed by atoms with Crippen LogP contribution in [0.3, 0.4) is 0 Å². The van der Waals surface area contributed by atoms with Gasteiger partial charge in [-0.25, -0.2) is 4.18 Å². The Morgan fingerprint density at radius 1 is 0.652 bits per heavy atom. The lowest BCUT2D eigenvalue weighted by molar-refractivity contribution is -0.405. The predicted molar refractivity (Wildman–Crippen MR) is 298 cm³/mol. The number of methoxy groups -OCH3 is 1. The van der Waals surface area contributed by atoms with Gasteiger partial charge in [0.15, 0.2) is 31.5 Å². The fourth-order valence-corrected chi connectivity index (χ4v) is 18.0. The number of carbonyl (C=O) groups is 2. The summed E-state index contributed by atoms with van der Waals surface area (Å²) >= 11 is 0. The van der Waals surface area contributed by atoms with Crippen LogP contribution in [-0.2, 0) is 81.0 Å². The van der Waals surface area contributed by atoms with E-state index in [1.165, 1.54) is 19.6 Å². The van der Waals surface area contributed by atoms with E-state index >= 15 is 0 Å². The maximum atomic E-state index is 14.5. The van der Waals surface area contributed by atoms with Crippen LogP contribution in [0.2, 0.25) is 0 Å². The molecule has 10 rings (SSSR count). The first-order chi connectivity index (χ1) is 41.7. The topological polar surface area (TPSA) is 431 Å². The van der Waals surface area contributed by atoms with Gasteiger partial charge >= 0.3 is 16.4 Å². The van der Waals surface area contributed by atoms with Gasteiger partial charge in [0.1, 0.15) is 115 Å². The summed E-state index contributed by atoms with van der Waals surface area (Å²) < 4.78 is 112. The molecule has 31 atom stereocenters. The molecule has 30 heteroatoms. The first-order valence-electron chi connectivity index (χ1n) is 31.2. The number of esters is 1. The summed E-state index contributed by atoms with van der Waals surface area (Å²) in [5.41, 5.74) is -1.98. The van der Waals surface area contributed by atoms with Crippen molar-refractivity contribution in [2.75, 3.05) is 33.5 Å². The van der Waals surface area contributed by atoms with Gasteiger partial charge in [0.05, 0.1) is 44.1 Å². The van der Waals surface area contributed by atoms with Crippen LogP contribution in [0, 0.1) is 45.3 Å². The lowest BCUT2D eigenvalue weighted by Crippen LogP contribution is -2.68. The molecule has 0 unspecified atom stereocenters. The monoisotopic (exact) mass is 1300 g/mol. The highest BCUT2D eigenvalue weighted by Gasteiger charge is 2.76. The van der Waals surface area contributed by atoms with E-state index in [1.807, 2.05) is 20.8 Å². The molecule has 3 saturated carbocycles. The average Bonchev–Trinajstić information content (AvgIpc) is 1.55. The van der Waals surface area contributed by atoms with Crippen LogP contribution < -0.4 is 0 Å². The van der Waals surface area contributed by atoms with Crippen LogP contribution in [-0.4, -0.2) is 267 Å². The number of fused-ring (bicyclic) bond motifs is 4. The van der Waals surface area contributed by atoms with Crippen molar-refractivity contribution in [3.8, 4) is 0 Å². The number of ketones is 1. The smallest absolute Gasteiger partial charge is 0.397 e. The summed E-state index contributed by atoms with van der Waals surface area (Å²) in [5.74, 6) is -0.0824. The Bertz CT molecular complexity index is 2650. The molecular formula is C59H94O29S. The van der Waals surface area contributed by atoms with Crippen LogP contribution in [0.5, 0.6) is 0 Å². The Morgan fingerprint density at radius 3 is 1.91 bits per heavy atom. The number of hydrogen-bond acceptors (Lipinski definition) is 28. The second kappa shape index (κ2) is 26.1. The van der Waals surface area contributed by atoms with Gasteiger partial charge in [0.25, 0.3) is 0 Å². The molecule has 4 aliphatic carbocycles. The quantitative estimate of drug-likeness (QED) is 0.0384. The van der Waals surface area contributed by atoms with Crippen LogP contribution in [0.4, 0.5) is 0 Å². The first-order valence-corrected chi connectivity index (χ1v) is 32.5. The lowest BCUT2D eigenvalue weighted by Gasteiger charge is -2.64. The van der Waals surface area contributed by atoms with Crippen molar-refractivity contribution < 1.29 is 140 Å². The molecule has 0 radical (unpaired) electrons. The highest BCUT2D eigenvalue weighted by Crippen LogP contribution is 2.76. The van der Waals surface area contributed by atoms with E-state index in [4.69, 9.17) is 61.0 Å². The molecule has 1 spiro atoms. The molecule has 0 aromatic heterocycles. The van der Waals surface area contributed by atoms with Gasteiger partial charge < -0.3 is 113 Å². The van der Waals surface area contributed by atoms with Crippen molar-refractivity contribution in [1.29, 1.82) is 0 Å². The zero-order valence-electron chi connectivity index (χ0n) is 51.7. The highest BCUT2D eigenvalue weighted by molar-refractivity contribution is 7.80. The van der Waals surface area contributed by atoms with E-state index in [1.54, 1.807) is 0 Å². The predicted octanol–water partition coefficient (Wildman–Crippen LogP) is -1.84. The van der Waals surface area contributed by atoms with E-state index in [-0.39, 0.29) is 47.3 Å². The Hall–Kier alpha value is -2.13. The standard InChI is InChI=1S/C59H94O29S/c1-24(2)18-26(62)19-58(8)34-13-16-57(7)28-10-11-33-55(4,5)35(14-15-56(33,6)27(28)12-17-59(34,57)54(72)87-58)82-52-47(38(66)32(23-78-52)88-89(73,74)75)86-53-48(85-50-40(68)39(67)36(64)30(20-60)80-50)41(69)44(25(3)79-53)83-51-43(71)46(37(65)31(21-61)81-51)84-49-42(70)45(76-9)29(63)22-77-49/h10,24-25,27,29-53,60-61,63-71H,11-23H2,1-9H3,(H,73,74,75)/t25-,27+,29+,30+,31+,32+,33+,34-,35+,36+,37+,38-,39-,40+,41+,42+,43+,44-,45-,46-,47+,48-,49-,50-,51-,52-,53+,56-,57+,58+,59-/m1/s1. The van der Waals surface area contributed by atoms with E-state index < -0.39 is 206 Å². The second-order valence-corrected chi connectivity index (χ2v) is 29.2. The third-order valence-corrected chi connectivity index (χ3v) is 22.5. The zero-order chi connectivity index (χ0) is 65.0. The van der Waals surface area contributed by atoms with Crippen LogP contribution >= 0.6 is 0 Å². The Labute approximate surface area is 517 Å². The van der Waals surface area contributed by atoms with Gasteiger partial charge in [0.2, 0.25) is 0 Å². The van der Waals surface area contributed by atoms with Crippen LogP contribution in [0.25, 0.3) is 0 Å². The summed E-state index contributed by atoms with van der Waals surface area (Å²) in [4.78, 5) is 27.8. The van der Waals surface area contributed by atoms with Crippen molar-refractivity contribution in [3.05, 3.63) is 11.6 Å². The summed E-state index contributed by atoms with van der Waals surface area (Å²) in [5, 5.41) is 122. The molecule has 0 bridgehead atoms. The summed E-state index contributed by atoms with van der Waals surface area (Å²) in [6.45, 7) is 13.1. The molecule has 29 nitrogen and oxygen atoms in total. The molecular weight excluding hydrogens is 1200 g/mol. The van der Waals surface area contributed by atoms with E-state index in [2.05, 4.69) is 33.8 Å². The van der Waals surface area contributed by atoms with E-state index in [0.29, 0.717) is 38.5 Å². The molecule has 12 N–H and O–H groups in total. The molecule has 0 amide bonds. The molecule has 510 valence electrons. The van der Waals surface area contributed by atoms with Crippen molar-refractivity contribution in [1.82, 2.24) is 0 Å². The summed E-state index contributed by atoms with van der Waals surface area (Å²) in [6.07, 6.45) is -34.3. The van der Waals surface area contributed by atoms with Crippen molar-refractivity contribution in [2.45, 2.75) is 266 Å². The minimum Gasteiger partial charge on any atom is -0.458 e. The third-order valence-electron chi connectivity index (χ3n) is 22.0. The number of rotatable bonds is 19. The molecule has 6 heterocycles. The van der Waals surface area contributed by atoms with Gasteiger partial charge in [-0.05, 0) is 87.4 Å². The maximum absolute atomic E-state index is 14.5. The minimum absolute atomic E-state index is 0.0464. The number of aliphatic hydroxyl groups is 11. The molecule has 6 aliphatic heterocycles. The van der Waals surface area contributed by atoms with Gasteiger partial charge in [-0.15, -0.1) is 0 Å². The molecule has 0 aromatic carbocycles. The normalized spacial score (nSPS) is 50.7. The second-order valence-electron chi connectivity index (χ2n) is 28.2. The zero-order valence-corrected chi connectivity index (χ0v) is 52.5. The molecule has 89 heavy (non-hydrogen) atoms. The number of Topliss-reactive ketones (excluding diaryl/α,β-unsaturated/α-hetero) is 1. The van der Waals surface area contributed by atoms with E-state index in [0.717, 1.165) is 12.8 Å². The first kappa shape index (κ1) is 69.7. The van der Waals surface area contributed by atoms with Crippen molar-refractivity contribution in [3.63, 3.8) is 0 Å². The summed E-state index contributed by atoms with van der Waals surface area (Å²) in [7, 11) is -4.06. The lowest BCUT2D eigenvalue weighted by atomic mass is 9.41. The van der Waals surface area contributed by atoms with E-state index in [9.17, 15) is 78.7 Å². The highest BCUT2D eigenvalue weighted by atomic mass is 32.3. The van der Waals surface area contributed by atoms with Crippen LogP contribution in [0.1, 0.15) is 113 Å². The minimum atomic E-state index is -5.28. The van der Waals surface area contributed by atoms with Crippen molar-refractivity contribution in [2.24, 2.45) is 45.3 Å². The average molecular weight is 1300 g/mol. The number of aliphatic hydroxyl groups excluding tert-OH is 11. The largest absolute Gasteiger partial charge is 0.458 e. The van der Waals surface area contributed by atoms with Gasteiger partial charge in [-0.1, -0.05) is 53.2 Å². The number of ether oxygens (including phenoxy) is 12. The SMILES string of the molecule is CO[C@H]1[C@H](O)[C@@H](O[C@H]2[C@H](O)[C@@H](O[C@H]3[C@H](O)[C@@H](O[C@H]4O[C@@H](CO)[C@H](O)[C@@H](O)[C@@H]4O)[C@H](O[C@@H]4[C@@H](O[C@H]5CC[C@]6(C)[C@H]7CC[C@]89C(=O)O[C@@](C)(CC(=O)CC(C)C)[C@H]8CC[C@@]9(C)C7=CC[C@H]6C5(C)C)OC[C@H](OS(=O)(=O)O)[C@H]4O)O[C@@H]3C)O[C@@H](CO)[C@@H]2O)OC[C@@H]1O. The number of carbonyl (C=O) groups excluding carboxylic acids is 2. The van der Waals surface area contributed by atoms with Crippen LogP contribution in [0.15, 0.2) is 11.6 Å². The Morgan fingerprint density at radius 2 is 1.26 bits per heavy atom. The van der Waals surface area contributed by atoms with Gasteiger partial charge in [0, 0.05) is 31.3 Å². The number of cyclic esters (lactones) is 1. The molecule has 9 fully saturated rings. The Kier molecular flexibility index (Phi) is 20.5. The van der Waals surface area contributed by atoms with Gasteiger partial charge in [-0.3, -0.25) is 14.1 Å².